The summed E-state index contributed by atoms with van der Waals surface area (Å²) in [6.07, 6.45) is 8.66. The predicted octanol–water partition coefficient (Wildman–Crippen LogP) is 1.55. The molecule has 4 rings (SSSR count). The number of amides is 2. The van der Waals surface area contributed by atoms with Crippen molar-refractivity contribution in [3.63, 3.8) is 0 Å². The fourth-order valence-electron chi connectivity index (χ4n) is 4.87. The molecule has 0 aromatic heterocycles. The molecule has 0 aromatic carbocycles. The summed E-state index contributed by atoms with van der Waals surface area (Å²) in [5, 5.41) is 3.62. The fourth-order valence-corrected chi connectivity index (χ4v) is 4.87. The molecule has 3 unspecified atom stereocenters. The standard InChI is InChI=1S/C17H27N3O2.ClH/c21-16-9-12(10-20(16)15-3-1-2-4-15)17(22)19-8-7-13-5-6-14(11-19)18-13;/h12-15,18H,1-11H2;1H. The van der Waals surface area contributed by atoms with Gasteiger partial charge >= 0.3 is 0 Å². The Balaban J connectivity index is 0.00000156. The van der Waals surface area contributed by atoms with Crippen molar-refractivity contribution >= 4 is 24.2 Å². The second-order valence-electron chi connectivity index (χ2n) is 7.60. The number of carbonyl (C=O) groups is 2. The maximum Gasteiger partial charge on any atom is 0.228 e. The van der Waals surface area contributed by atoms with Gasteiger partial charge in [0, 0.05) is 44.2 Å². The van der Waals surface area contributed by atoms with E-state index in [9.17, 15) is 9.59 Å². The van der Waals surface area contributed by atoms with Crippen molar-refractivity contribution in [2.24, 2.45) is 5.92 Å². The predicted molar refractivity (Wildman–Crippen MR) is 90.5 cm³/mol. The van der Waals surface area contributed by atoms with Crippen molar-refractivity contribution in [1.82, 2.24) is 15.1 Å². The zero-order chi connectivity index (χ0) is 15.1. The van der Waals surface area contributed by atoms with Crippen LogP contribution in [0, 0.1) is 5.92 Å². The lowest BCUT2D eigenvalue weighted by molar-refractivity contribution is -0.136. The Bertz CT molecular complexity index is 467. The highest BCUT2D eigenvalue weighted by molar-refractivity contribution is 5.89. The van der Waals surface area contributed by atoms with E-state index < -0.39 is 0 Å². The Morgan fingerprint density at radius 2 is 1.74 bits per heavy atom. The highest BCUT2D eigenvalue weighted by Crippen LogP contribution is 2.31. The Morgan fingerprint density at radius 1 is 1.00 bits per heavy atom. The Morgan fingerprint density at radius 3 is 2.52 bits per heavy atom. The van der Waals surface area contributed by atoms with Gasteiger partial charge in [-0.15, -0.1) is 12.4 Å². The van der Waals surface area contributed by atoms with Gasteiger partial charge in [-0.25, -0.2) is 0 Å². The topological polar surface area (TPSA) is 52.7 Å². The number of carbonyl (C=O) groups excluding carboxylic acids is 2. The van der Waals surface area contributed by atoms with Gasteiger partial charge in [-0.3, -0.25) is 9.59 Å². The zero-order valence-electron chi connectivity index (χ0n) is 13.7. The van der Waals surface area contributed by atoms with Crippen LogP contribution in [-0.2, 0) is 9.59 Å². The van der Waals surface area contributed by atoms with E-state index in [0.29, 0.717) is 31.1 Å². The molecule has 0 spiro atoms. The average molecular weight is 342 g/mol. The van der Waals surface area contributed by atoms with Gasteiger partial charge in [-0.05, 0) is 32.1 Å². The molecule has 0 radical (unpaired) electrons. The van der Waals surface area contributed by atoms with E-state index in [0.717, 1.165) is 32.4 Å². The van der Waals surface area contributed by atoms with E-state index >= 15 is 0 Å². The van der Waals surface area contributed by atoms with Crippen LogP contribution in [0.5, 0.6) is 0 Å². The van der Waals surface area contributed by atoms with Crippen LogP contribution >= 0.6 is 12.4 Å². The van der Waals surface area contributed by atoms with E-state index in [1.165, 1.54) is 25.7 Å². The molecule has 0 aromatic rings. The fraction of sp³-hybridized carbons (Fsp3) is 0.882. The van der Waals surface area contributed by atoms with Gasteiger partial charge in [0.05, 0.1) is 5.92 Å². The second-order valence-corrected chi connectivity index (χ2v) is 7.60. The van der Waals surface area contributed by atoms with E-state index in [2.05, 4.69) is 5.32 Å². The van der Waals surface area contributed by atoms with Crippen molar-refractivity contribution in [2.45, 2.75) is 69.5 Å². The molecule has 4 aliphatic rings. The van der Waals surface area contributed by atoms with Gasteiger partial charge in [0.1, 0.15) is 0 Å². The molecule has 2 bridgehead atoms. The zero-order valence-corrected chi connectivity index (χ0v) is 14.5. The third-order valence-electron chi connectivity index (χ3n) is 6.11. The largest absolute Gasteiger partial charge is 0.341 e. The maximum atomic E-state index is 12.9. The first-order valence-corrected chi connectivity index (χ1v) is 9.05. The van der Waals surface area contributed by atoms with Crippen LogP contribution in [0.4, 0.5) is 0 Å². The number of likely N-dealkylation sites (tertiary alicyclic amines) is 2. The SMILES string of the molecule is Cl.O=C(C1CC(=O)N(C2CCCC2)C1)N1CCC2CCC(C1)N2. The van der Waals surface area contributed by atoms with Crippen molar-refractivity contribution < 1.29 is 9.59 Å². The lowest BCUT2D eigenvalue weighted by Gasteiger charge is -2.28. The van der Waals surface area contributed by atoms with Gasteiger partial charge in [0.2, 0.25) is 11.8 Å². The molecule has 1 saturated carbocycles. The summed E-state index contributed by atoms with van der Waals surface area (Å²) < 4.78 is 0. The number of halogens is 1. The van der Waals surface area contributed by atoms with Gasteiger partial charge in [0.15, 0.2) is 0 Å². The summed E-state index contributed by atoms with van der Waals surface area (Å²) in [7, 11) is 0. The normalized spacial score (nSPS) is 34.6. The average Bonchev–Trinajstić information content (AvgIpc) is 3.18. The Kier molecular flexibility index (Phi) is 5.16. The third-order valence-corrected chi connectivity index (χ3v) is 6.11. The molecule has 5 nitrogen and oxygen atoms in total. The van der Waals surface area contributed by atoms with E-state index in [-0.39, 0.29) is 30.1 Å². The minimum Gasteiger partial charge on any atom is -0.341 e. The third kappa shape index (κ3) is 3.36. The van der Waals surface area contributed by atoms with Crippen molar-refractivity contribution in [3.05, 3.63) is 0 Å². The van der Waals surface area contributed by atoms with Gasteiger partial charge in [0.25, 0.3) is 0 Å². The summed E-state index contributed by atoms with van der Waals surface area (Å²) >= 11 is 0. The number of rotatable bonds is 2. The highest BCUT2D eigenvalue weighted by Gasteiger charge is 2.41. The molecule has 3 heterocycles. The van der Waals surface area contributed by atoms with Crippen LogP contribution in [0.3, 0.4) is 0 Å². The Labute approximate surface area is 144 Å². The lowest BCUT2D eigenvalue weighted by atomic mass is 10.0. The molecule has 3 atom stereocenters. The van der Waals surface area contributed by atoms with E-state index in [1.807, 2.05) is 9.80 Å². The molecule has 2 amide bonds. The van der Waals surface area contributed by atoms with E-state index in [4.69, 9.17) is 0 Å². The van der Waals surface area contributed by atoms with Crippen molar-refractivity contribution in [3.8, 4) is 0 Å². The summed E-state index contributed by atoms with van der Waals surface area (Å²) in [5.74, 6) is 0.340. The molecular formula is C17H28ClN3O2. The van der Waals surface area contributed by atoms with E-state index in [1.54, 1.807) is 0 Å². The first-order valence-electron chi connectivity index (χ1n) is 9.05. The van der Waals surface area contributed by atoms with Gasteiger partial charge < -0.3 is 15.1 Å². The first-order chi connectivity index (χ1) is 10.7. The molecule has 4 fully saturated rings. The minimum atomic E-state index is -0.0928. The molecule has 3 aliphatic heterocycles. The van der Waals surface area contributed by atoms with Crippen LogP contribution in [0.2, 0.25) is 0 Å². The smallest absolute Gasteiger partial charge is 0.228 e. The number of fused-ring (bicyclic) bond motifs is 2. The van der Waals surface area contributed by atoms with Crippen LogP contribution in [0.25, 0.3) is 0 Å². The van der Waals surface area contributed by atoms with Gasteiger partial charge in [-0.2, -0.15) is 0 Å². The minimum absolute atomic E-state index is 0. The first kappa shape index (κ1) is 17.0. The molecule has 6 heteroatoms. The Hall–Kier alpha value is -0.810. The molecule has 23 heavy (non-hydrogen) atoms. The molecule has 3 saturated heterocycles. The molecule has 130 valence electrons. The number of nitrogens with one attached hydrogen (secondary N) is 1. The second kappa shape index (κ2) is 6.98. The van der Waals surface area contributed by atoms with Crippen LogP contribution < -0.4 is 5.32 Å². The summed E-state index contributed by atoms with van der Waals surface area (Å²) in [6.45, 7) is 2.37. The number of hydrogen-bond donors (Lipinski definition) is 1. The van der Waals surface area contributed by atoms with Crippen LogP contribution in [0.15, 0.2) is 0 Å². The molecule has 1 N–H and O–H groups in total. The number of hydrogen-bond acceptors (Lipinski definition) is 3. The van der Waals surface area contributed by atoms with Crippen molar-refractivity contribution in [2.75, 3.05) is 19.6 Å². The highest BCUT2D eigenvalue weighted by atomic mass is 35.5. The van der Waals surface area contributed by atoms with Gasteiger partial charge in [-0.1, -0.05) is 12.8 Å². The monoisotopic (exact) mass is 341 g/mol. The molecule has 1 aliphatic carbocycles. The summed E-state index contributed by atoms with van der Waals surface area (Å²) in [4.78, 5) is 29.2. The maximum absolute atomic E-state index is 12.9. The lowest BCUT2D eigenvalue weighted by Crippen LogP contribution is -2.43. The summed E-state index contributed by atoms with van der Waals surface area (Å²) in [5.41, 5.74) is 0. The number of nitrogens with zero attached hydrogens (tertiary/aromatic N) is 2. The molecular weight excluding hydrogens is 314 g/mol. The van der Waals surface area contributed by atoms with Crippen LogP contribution in [-0.4, -0.2) is 59.4 Å². The quantitative estimate of drug-likeness (QED) is 0.829. The van der Waals surface area contributed by atoms with Crippen molar-refractivity contribution in [1.29, 1.82) is 0 Å². The summed E-state index contributed by atoms with van der Waals surface area (Å²) in [6, 6.07) is 1.48. The van der Waals surface area contributed by atoms with Crippen LogP contribution in [0.1, 0.15) is 51.4 Å².